The van der Waals surface area contributed by atoms with Gasteiger partial charge in [-0.3, -0.25) is 0 Å². The smallest absolute Gasteiger partial charge is 0.132 e. The highest BCUT2D eigenvalue weighted by molar-refractivity contribution is 5.59. The Bertz CT molecular complexity index is 502. The maximum absolute atomic E-state index is 13.6. The third kappa shape index (κ3) is 2.85. The summed E-state index contributed by atoms with van der Waals surface area (Å²) in [5, 5.41) is 8.74. The summed E-state index contributed by atoms with van der Waals surface area (Å²) >= 11 is 0. The van der Waals surface area contributed by atoms with Crippen LogP contribution >= 0.6 is 0 Å². The average Bonchev–Trinajstić information content (AvgIpc) is 2.37. The van der Waals surface area contributed by atoms with Crippen molar-refractivity contribution in [3.8, 4) is 11.3 Å². The van der Waals surface area contributed by atoms with Gasteiger partial charge in [0, 0.05) is 24.8 Å². The summed E-state index contributed by atoms with van der Waals surface area (Å²) in [4.78, 5) is 8.37. The molecule has 88 valence electrons. The normalized spacial score (nSPS) is 10.5. The number of hydrogen-bond acceptors (Lipinski definition) is 3. The monoisotopic (exact) mass is 232 g/mol. The molecule has 0 aliphatic heterocycles. The predicted molar refractivity (Wildman–Crippen MR) is 62.8 cm³/mol. The minimum atomic E-state index is -0.292. The van der Waals surface area contributed by atoms with Crippen molar-refractivity contribution in [1.29, 1.82) is 0 Å². The predicted octanol–water partition coefficient (Wildman–Crippen LogP) is 2.21. The fourth-order valence-corrected chi connectivity index (χ4v) is 1.58. The third-order valence-electron chi connectivity index (χ3n) is 2.41. The fourth-order valence-electron chi connectivity index (χ4n) is 1.58. The van der Waals surface area contributed by atoms with Crippen LogP contribution in [0.2, 0.25) is 0 Å². The molecule has 0 spiro atoms. The van der Waals surface area contributed by atoms with Crippen molar-refractivity contribution in [2.45, 2.75) is 12.8 Å². The Balaban J connectivity index is 2.30. The van der Waals surface area contributed by atoms with Crippen molar-refractivity contribution >= 4 is 0 Å². The summed E-state index contributed by atoms with van der Waals surface area (Å²) in [7, 11) is 0. The van der Waals surface area contributed by atoms with Crippen LogP contribution in [-0.4, -0.2) is 21.7 Å². The average molecular weight is 232 g/mol. The zero-order valence-electron chi connectivity index (χ0n) is 9.31. The van der Waals surface area contributed by atoms with Crippen LogP contribution in [0.4, 0.5) is 4.39 Å². The first-order chi connectivity index (χ1) is 8.31. The van der Waals surface area contributed by atoms with Gasteiger partial charge in [0.05, 0.1) is 5.69 Å². The highest BCUT2D eigenvalue weighted by Gasteiger charge is 2.06. The van der Waals surface area contributed by atoms with Crippen LogP contribution in [-0.2, 0) is 6.42 Å². The molecule has 1 aromatic heterocycles. The summed E-state index contributed by atoms with van der Waals surface area (Å²) in [5.74, 6) is 0.333. The van der Waals surface area contributed by atoms with Gasteiger partial charge in [-0.15, -0.1) is 0 Å². The van der Waals surface area contributed by atoms with E-state index in [9.17, 15) is 4.39 Å². The van der Waals surface area contributed by atoms with E-state index in [2.05, 4.69) is 9.97 Å². The molecule has 1 aromatic carbocycles. The molecular formula is C13H13FN2O. The standard InChI is InChI=1S/C13H13FN2O/c14-11-5-2-1-4-10(11)12-7-8-15-13(16-12)6-3-9-17/h1-2,4-5,7-8,17H,3,6,9H2. The zero-order valence-corrected chi connectivity index (χ0v) is 9.31. The summed E-state index contributed by atoms with van der Waals surface area (Å²) in [6.07, 6.45) is 2.82. The Kier molecular flexibility index (Phi) is 3.77. The largest absolute Gasteiger partial charge is 0.396 e. The van der Waals surface area contributed by atoms with Crippen LogP contribution < -0.4 is 0 Å². The quantitative estimate of drug-likeness (QED) is 0.879. The molecular weight excluding hydrogens is 219 g/mol. The SMILES string of the molecule is OCCCc1nccc(-c2ccccc2F)n1. The van der Waals surface area contributed by atoms with Crippen LogP contribution in [0.3, 0.4) is 0 Å². The first-order valence-corrected chi connectivity index (χ1v) is 5.49. The van der Waals surface area contributed by atoms with Crippen molar-refractivity contribution in [3.05, 3.63) is 48.2 Å². The van der Waals surface area contributed by atoms with E-state index in [1.165, 1.54) is 6.07 Å². The minimum Gasteiger partial charge on any atom is -0.396 e. The molecule has 0 saturated heterocycles. The van der Waals surface area contributed by atoms with E-state index in [4.69, 9.17) is 5.11 Å². The molecule has 0 amide bonds. The highest BCUT2D eigenvalue weighted by atomic mass is 19.1. The van der Waals surface area contributed by atoms with Gasteiger partial charge in [0.1, 0.15) is 11.6 Å². The molecule has 0 atom stereocenters. The maximum atomic E-state index is 13.6. The van der Waals surface area contributed by atoms with Crippen LogP contribution in [0.1, 0.15) is 12.2 Å². The van der Waals surface area contributed by atoms with Crippen LogP contribution in [0, 0.1) is 5.82 Å². The van der Waals surface area contributed by atoms with Gasteiger partial charge in [-0.05, 0) is 24.6 Å². The van der Waals surface area contributed by atoms with E-state index < -0.39 is 0 Å². The van der Waals surface area contributed by atoms with Gasteiger partial charge in [0.25, 0.3) is 0 Å². The molecule has 2 aromatic rings. The second-order valence-corrected chi connectivity index (χ2v) is 3.67. The summed E-state index contributed by atoms with van der Waals surface area (Å²) < 4.78 is 13.6. The molecule has 0 saturated carbocycles. The Morgan fingerprint density at radius 2 is 2.00 bits per heavy atom. The van der Waals surface area contributed by atoms with Crippen molar-refractivity contribution in [2.75, 3.05) is 6.61 Å². The van der Waals surface area contributed by atoms with Gasteiger partial charge >= 0.3 is 0 Å². The van der Waals surface area contributed by atoms with E-state index in [0.29, 0.717) is 29.9 Å². The topological polar surface area (TPSA) is 46.0 Å². The molecule has 17 heavy (non-hydrogen) atoms. The molecule has 0 bridgehead atoms. The van der Waals surface area contributed by atoms with Crippen molar-refractivity contribution in [1.82, 2.24) is 9.97 Å². The summed E-state index contributed by atoms with van der Waals surface area (Å²) in [5.41, 5.74) is 1.05. The van der Waals surface area contributed by atoms with Gasteiger partial charge in [-0.1, -0.05) is 12.1 Å². The number of aryl methyl sites for hydroxylation is 1. The number of nitrogens with zero attached hydrogens (tertiary/aromatic N) is 2. The number of aromatic nitrogens is 2. The molecule has 3 nitrogen and oxygen atoms in total. The van der Waals surface area contributed by atoms with Gasteiger partial charge in [-0.25, -0.2) is 14.4 Å². The molecule has 0 fully saturated rings. The number of halogens is 1. The summed E-state index contributed by atoms with van der Waals surface area (Å²) in [6.45, 7) is 0.104. The van der Waals surface area contributed by atoms with Gasteiger partial charge in [0.2, 0.25) is 0 Å². The highest BCUT2D eigenvalue weighted by Crippen LogP contribution is 2.19. The minimum absolute atomic E-state index is 0.104. The number of aliphatic hydroxyl groups excluding tert-OH is 1. The second kappa shape index (κ2) is 5.50. The Morgan fingerprint density at radius 3 is 2.76 bits per heavy atom. The Hall–Kier alpha value is -1.81. The number of aliphatic hydroxyl groups is 1. The first-order valence-electron chi connectivity index (χ1n) is 5.49. The zero-order chi connectivity index (χ0) is 12.1. The van der Waals surface area contributed by atoms with E-state index in [1.807, 2.05) is 0 Å². The molecule has 1 heterocycles. The van der Waals surface area contributed by atoms with Crippen LogP contribution in [0.25, 0.3) is 11.3 Å². The van der Waals surface area contributed by atoms with E-state index in [0.717, 1.165) is 0 Å². The third-order valence-corrected chi connectivity index (χ3v) is 2.41. The molecule has 2 rings (SSSR count). The lowest BCUT2D eigenvalue weighted by Gasteiger charge is -2.04. The van der Waals surface area contributed by atoms with E-state index in [1.54, 1.807) is 30.5 Å². The Labute approximate surface area is 99.0 Å². The molecule has 4 heteroatoms. The summed E-state index contributed by atoms with van der Waals surface area (Å²) in [6, 6.07) is 8.19. The van der Waals surface area contributed by atoms with E-state index >= 15 is 0 Å². The fraction of sp³-hybridized carbons (Fsp3) is 0.231. The first kappa shape index (κ1) is 11.7. The van der Waals surface area contributed by atoms with Crippen molar-refractivity contribution in [3.63, 3.8) is 0 Å². The second-order valence-electron chi connectivity index (χ2n) is 3.67. The maximum Gasteiger partial charge on any atom is 0.132 e. The molecule has 0 aliphatic carbocycles. The molecule has 0 unspecified atom stereocenters. The van der Waals surface area contributed by atoms with Gasteiger partial charge in [0.15, 0.2) is 0 Å². The lowest BCUT2D eigenvalue weighted by atomic mass is 10.1. The van der Waals surface area contributed by atoms with Crippen LogP contribution in [0.5, 0.6) is 0 Å². The lowest BCUT2D eigenvalue weighted by molar-refractivity contribution is 0.287. The molecule has 0 radical (unpaired) electrons. The van der Waals surface area contributed by atoms with E-state index in [-0.39, 0.29) is 12.4 Å². The van der Waals surface area contributed by atoms with Gasteiger partial charge in [-0.2, -0.15) is 0 Å². The molecule has 0 aliphatic rings. The number of rotatable bonds is 4. The van der Waals surface area contributed by atoms with Crippen molar-refractivity contribution in [2.24, 2.45) is 0 Å². The van der Waals surface area contributed by atoms with Crippen molar-refractivity contribution < 1.29 is 9.50 Å². The van der Waals surface area contributed by atoms with Gasteiger partial charge < -0.3 is 5.11 Å². The molecule has 1 N–H and O–H groups in total. The van der Waals surface area contributed by atoms with Crippen LogP contribution in [0.15, 0.2) is 36.5 Å². The number of hydrogen-bond donors (Lipinski definition) is 1. The number of benzene rings is 1. The Morgan fingerprint density at radius 1 is 1.18 bits per heavy atom. The lowest BCUT2D eigenvalue weighted by Crippen LogP contribution is -1.98.